The monoisotopic (exact) mass is 466 g/mol. The van der Waals surface area contributed by atoms with Crippen LogP contribution in [0.5, 0.6) is 11.5 Å². The fourth-order valence-corrected chi connectivity index (χ4v) is 3.59. The van der Waals surface area contributed by atoms with Crippen molar-refractivity contribution in [3.05, 3.63) is 120 Å². The highest BCUT2D eigenvalue weighted by Gasteiger charge is 2.23. The molecule has 0 radical (unpaired) electrons. The molecule has 0 aromatic heterocycles. The zero-order chi connectivity index (χ0) is 24.7. The maximum atomic E-state index is 12.1. The van der Waals surface area contributed by atoms with Crippen molar-refractivity contribution >= 4 is 23.6 Å². The van der Waals surface area contributed by atoms with E-state index in [0.717, 1.165) is 11.1 Å². The first kappa shape index (κ1) is 23.6. The Morgan fingerprint density at radius 3 is 1.23 bits per heavy atom. The Morgan fingerprint density at radius 2 is 0.886 bits per heavy atom. The zero-order valence-electron chi connectivity index (χ0n) is 19.5. The number of hydrogen-bond donors (Lipinski definition) is 2. The van der Waals surface area contributed by atoms with Gasteiger partial charge in [0, 0.05) is 16.8 Å². The second kappa shape index (κ2) is 10.6. The van der Waals surface area contributed by atoms with Crippen molar-refractivity contribution in [2.24, 2.45) is 0 Å². The first-order chi connectivity index (χ1) is 16.9. The normalized spacial score (nSPS) is 10.8. The van der Waals surface area contributed by atoms with Crippen LogP contribution >= 0.6 is 0 Å². The number of rotatable bonds is 6. The molecular weight excluding hydrogens is 440 g/mol. The SMILES string of the molecule is CC(C)(c1ccc(OC(=O)Nc2ccccc2)cc1)c1ccc(OC(=O)Nc2ccccc2)cc1. The highest BCUT2D eigenvalue weighted by atomic mass is 16.6. The summed E-state index contributed by atoms with van der Waals surface area (Å²) in [5.41, 5.74) is 3.10. The Balaban J connectivity index is 1.36. The molecule has 4 aromatic carbocycles. The number of anilines is 2. The number of carbonyl (C=O) groups excluding carboxylic acids is 2. The Bertz CT molecular complexity index is 1170. The predicted octanol–water partition coefficient (Wildman–Crippen LogP) is 7.23. The third-order valence-electron chi connectivity index (χ3n) is 5.61. The van der Waals surface area contributed by atoms with Gasteiger partial charge in [0.15, 0.2) is 0 Å². The van der Waals surface area contributed by atoms with Gasteiger partial charge in [0.25, 0.3) is 0 Å². The van der Waals surface area contributed by atoms with Gasteiger partial charge in [-0.1, -0.05) is 74.5 Å². The first-order valence-corrected chi connectivity index (χ1v) is 11.2. The summed E-state index contributed by atoms with van der Waals surface area (Å²) in [5.74, 6) is 0.900. The summed E-state index contributed by atoms with van der Waals surface area (Å²) >= 11 is 0. The minimum Gasteiger partial charge on any atom is -0.410 e. The number of hydrogen-bond acceptors (Lipinski definition) is 4. The molecule has 2 N–H and O–H groups in total. The van der Waals surface area contributed by atoms with Crippen LogP contribution in [0.2, 0.25) is 0 Å². The molecule has 0 unspecified atom stereocenters. The van der Waals surface area contributed by atoms with Gasteiger partial charge in [-0.2, -0.15) is 0 Å². The largest absolute Gasteiger partial charge is 0.417 e. The molecule has 0 aliphatic carbocycles. The summed E-state index contributed by atoms with van der Waals surface area (Å²) in [6.45, 7) is 4.20. The second-order valence-corrected chi connectivity index (χ2v) is 8.43. The van der Waals surface area contributed by atoms with Gasteiger partial charge in [-0.15, -0.1) is 0 Å². The summed E-state index contributed by atoms with van der Waals surface area (Å²) in [5, 5.41) is 5.38. The van der Waals surface area contributed by atoms with Crippen LogP contribution in [0, 0.1) is 0 Å². The van der Waals surface area contributed by atoms with Crippen molar-refractivity contribution in [2.45, 2.75) is 19.3 Å². The van der Waals surface area contributed by atoms with Crippen molar-refractivity contribution in [1.29, 1.82) is 0 Å². The number of nitrogens with one attached hydrogen (secondary N) is 2. The van der Waals surface area contributed by atoms with Gasteiger partial charge in [0.1, 0.15) is 11.5 Å². The molecule has 6 nitrogen and oxygen atoms in total. The van der Waals surface area contributed by atoms with Crippen LogP contribution in [0.1, 0.15) is 25.0 Å². The third kappa shape index (κ3) is 6.26. The average Bonchev–Trinajstić information content (AvgIpc) is 2.86. The van der Waals surface area contributed by atoms with Crippen molar-refractivity contribution in [3.63, 3.8) is 0 Å². The van der Waals surface area contributed by atoms with Gasteiger partial charge in [-0.05, 0) is 59.7 Å². The smallest absolute Gasteiger partial charge is 0.410 e. The van der Waals surface area contributed by atoms with Gasteiger partial charge in [-0.25, -0.2) is 9.59 Å². The minimum atomic E-state index is -0.546. The van der Waals surface area contributed by atoms with E-state index in [-0.39, 0.29) is 5.41 Å². The molecule has 6 heteroatoms. The first-order valence-electron chi connectivity index (χ1n) is 11.2. The second-order valence-electron chi connectivity index (χ2n) is 8.43. The molecule has 4 rings (SSSR count). The fourth-order valence-electron chi connectivity index (χ4n) is 3.59. The Labute approximate surface area is 204 Å². The molecule has 4 aromatic rings. The van der Waals surface area contributed by atoms with E-state index >= 15 is 0 Å². The van der Waals surface area contributed by atoms with Crippen LogP contribution in [-0.2, 0) is 5.41 Å². The van der Waals surface area contributed by atoms with E-state index in [2.05, 4.69) is 24.5 Å². The van der Waals surface area contributed by atoms with E-state index in [0.29, 0.717) is 22.9 Å². The number of carbonyl (C=O) groups is 2. The lowest BCUT2D eigenvalue weighted by Gasteiger charge is -2.26. The van der Waals surface area contributed by atoms with E-state index in [1.54, 1.807) is 48.5 Å². The van der Waals surface area contributed by atoms with E-state index in [1.807, 2.05) is 60.7 Å². The van der Waals surface area contributed by atoms with Crippen molar-refractivity contribution in [3.8, 4) is 11.5 Å². The molecule has 0 saturated heterocycles. The van der Waals surface area contributed by atoms with E-state index in [1.165, 1.54) is 0 Å². The Kier molecular flexibility index (Phi) is 7.12. The Hall–Kier alpha value is -4.58. The van der Waals surface area contributed by atoms with E-state index in [4.69, 9.17) is 9.47 Å². The number of amides is 2. The maximum Gasteiger partial charge on any atom is 0.417 e. The summed E-state index contributed by atoms with van der Waals surface area (Å²) < 4.78 is 10.8. The summed E-state index contributed by atoms with van der Waals surface area (Å²) in [6, 6.07) is 33.1. The minimum absolute atomic E-state index is 0.324. The van der Waals surface area contributed by atoms with Crippen molar-refractivity contribution in [2.75, 3.05) is 10.6 Å². The Morgan fingerprint density at radius 1 is 0.543 bits per heavy atom. The van der Waals surface area contributed by atoms with Gasteiger partial charge in [0.2, 0.25) is 0 Å². The standard InChI is InChI=1S/C29H26N2O4/c1-29(2,21-13-17-25(18-14-21)34-27(32)30-23-9-5-3-6-10-23)22-15-19-26(20-16-22)35-28(33)31-24-11-7-4-8-12-24/h3-20H,1-2H3,(H,30,32)(H,31,33). The molecule has 0 aliphatic rings. The van der Waals surface area contributed by atoms with Crippen LogP contribution in [0.15, 0.2) is 109 Å². The van der Waals surface area contributed by atoms with Crippen molar-refractivity contribution in [1.82, 2.24) is 0 Å². The lowest BCUT2D eigenvalue weighted by Crippen LogP contribution is -2.20. The lowest BCUT2D eigenvalue weighted by molar-refractivity contribution is 0.214. The number of para-hydroxylation sites is 2. The van der Waals surface area contributed by atoms with Gasteiger partial charge >= 0.3 is 12.2 Å². The molecular formula is C29H26N2O4. The summed E-state index contributed by atoms with van der Waals surface area (Å²) in [4.78, 5) is 24.2. The average molecular weight is 467 g/mol. The molecule has 0 fully saturated rings. The van der Waals surface area contributed by atoms with Crippen LogP contribution in [-0.4, -0.2) is 12.2 Å². The van der Waals surface area contributed by atoms with Crippen LogP contribution in [0.4, 0.5) is 21.0 Å². The van der Waals surface area contributed by atoms with Crippen LogP contribution in [0.3, 0.4) is 0 Å². The molecule has 0 bridgehead atoms. The fraction of sp³-hybridized carbons (Fsp3) is 0.103. The third-order valence-corrected chi connectivity index (χ3v) is 5.61. The molecule has 0 aliphatic heterocycles. The predicted molar refractivity (Wildman–Crippen MR) is 137 cm³/mol. The van der Waals surface area contributed by atoms with Crippen LogP contribution in [0.25, 0.3) is 0 Å². The zero-order valence-corrected chi connectivity index (χ0v) is 19.5. The molecule has 0 spiro atoms. The van der Waals surface area contributed by atoms with Crippen LogP contribution < -0.4 is 20.1 Å². The quantitative estimate of drug-likeness (QED) is 0.314. The van der Waals surface area contributed by atoms with E-state index in [9.17, 15) is 9.59 Å². The van der Waals surface area contributed by atoms with Crippen molar-refractivity contribution < 1.29 is 19.1 Å². The highest BCUT2D eigenvalue weighted by molar-refractivity contribution is 5.86. The van der Waals surface area contributed by atoms with Gasteiger partial charge < -0.3 is 9.47 Å². The van der Waals surface area contributed by atoms with Gasteiger partial charge in [-0.3, -0.25) is 10.6 Å². The number of ether oxygens (including phenoxy) is 2. The summed E-state index contributed by atoms with van der Waals surface area (Å²) in [7, 11) is 0. The molecule has 176 valence electrons. The molecule has 0 atom stereocenters. The van der Waals surface area contributed by atoms with E-state index < -0.39 is 12.2 Å². The molecule has 0 saturated carbocycles. The lowest BCUT2D eigenvalue weighted by atomic mass is 9.78. The molecule has 0 heterocycles. The summed E-state index contributed by atoms with van der Waals surface area (Å²) in [6.07, 6.45) is -1.09. The topological polar surface area (TPSA) is 76.7 Å². The molecule has 2 amide bonds. The number of benzene rings is 4. The van der Waals surface area contributed by atoms with Gasteiger partial charge in [0.05, 0.1) is 0 Å². The highest BCUT2D eigenvalue weighted by Crippen LogP contribution is 2.33. The maximum absolute atomic E-state index is 12.1. The molecule has 35 heavy (non-hydrogen) atoms.